The fraction of sp³-hybridized carbons (Fsp3) is 0.0862. The summed E-state index contributed by atoms with van der Waals surface area (Å²) in [5.74, 6) is 2.86. The van der Waals surface area contributed by atoms with Gasteiger partial charge in [-0.25, -0.2) is 15.0 Å². The molecule has 0 amide bonds. The van der Waals surface area contributed by atoms with Crippen LogP contribution in [-0.4, -0.2) is 15.0 Å². The molecule has 62 heavy (non-hydrogen) atoms. The van der Waals surface area contributed by atoms with E-state index in [1.165, 1.54) is 27.8 Å². The van der Waals surface area contributed by atoms with Gasteiger partial charge in [0.05, 0.1) is 0 Å². The van der Waals surface area contributed by atoms with Crippen molar-refractivity contribution >= 4 is 21.9 Å². The summed E-state index contributed by atoms with van der Waals surface area (Å²) >= 11 is 0. The lowest BCUT2D eigenvalue weighted by Gasteiger charge is -2.53. The van der Waals surface area contributed by atoms with Gasteiger partial charge in [0.15, 0.2) is 17.5 Å². The molecule has 7 aromatic carbocycles. The minimum Gasteiger partial charge on any atom is -0.455 e. The van der Waals surface area contributed by atoms with Crippen LogP contribution in [0.4, 0.5) is 0 Å². The van der Waals surface area contributed by atoms with E-state index < -0.39 is 0 Å². The van der Waals surface area contributed by atoms with Gasteiger partial charge in [-0.15, -0.1) is 0 Å². The zero-order valence-corrected chi connectivity index (χ0v) is 33.9. The summed E-state index contributed by atoms with van der Waals surface area (Å²) in [5.41, 5.74) is 17.9. The molecule has 1 fully saturated rings. The third kappa shape index (κ3) is 5.43. The van der Waals surface area contributed by atoms with Crippen LogP contribution >= 0.6 is 0 Å². The van der Waals surface area contributed by atoms with Crippen LogP contribution in [0, 0.1) is 5.92 Å². The van der Waals surface area contributed by atoms with Crippen molar-refractivity contribution in [2.45, 2.75) is 24.2 Å². The van der Waals surface area contributed by atoms with Gasteiger partial charge in [0, 0.05) is 50.3 Å². The number of hydrogen-bond acceptors (Lipinski definition) is 4. The molecule has 5 aliphatic carbocycles. The van der Waals surface area contributed by atoms with Crippen molar-refractivity contribution in [3.05, 3.63) is 223 Å². The Kier molecular flexibility index (Phi) is 7.74. The monoisotopic (exact) mass is 793 g/mol. The fourth-order valence-corrected chi connectivity index (χ4v) is 10.8. The summed E-state index contributed by atoms with van der Waals surface area (Å²) in [6, 6.07) is 58.0. The number of para-hydroxylation sites is 2. The quantitative estimate of drug-likeness (QED) is 0.168. The molecule has 0 N–H and O–H groups in total. The van der Waals surface area contributed by atoms with Gasteiger partial charge in [0.1, 0.15) is 11.2 Å². The summed E-state index contributed by atoms with van der Waals surface area (Å²) in [4.78, 5) is 15.1. The normalized spacial score (nSPS) is 19.3. The second kappa shape index (κ2) is 13.7. The first-order chi connectivity index (χ1) is 30.7. The molecule has 4 heteroatoms. The molecule has 3 bridgehead atoms. The van der Waals surface area contributed by atoms with Crippen LogP contribution in [-0.2, 0) is 5.41 Å². The molecule has 0 saturated heterocycles. The highest BCUT2D eigenvalue weighted by atomic mass is 16.3. The molecule has 292 valence electrons. The first-order valence-electron chi connectivity index (χ1n) is 21.6. The third-order valence-electron chi connectivity index (χ3n) is 13.8. The molecule has 0 aliphatic heterocycles. The second-order valence-electron chi connectivity index (χ2n) is 17.1. The number of hydrogen-bond donors (Lipinski definition) is 0. The number of furan rings is 1. The molecule has 4 nitrogen and oxygen atoms in total. The fourth-order valence-electron chi connectivity index (χ4n) is 10.8. The first-order valence-corrected chi connectivity index (χ1v) is 21.6. The van der Waals surface area contributed by atoms with Gasteiger partial charge >= 0.3 is 0 Å². The summed E-state index contributed by atoms with van der Waals surface area (Å²) in [7, 11) is 0. The van der Waals surface area contributed by atoms with E-state index in [1.54, 1.807) is 11.1 Å². The summed E-state index contributed by atoms with van der Waals surface area (Å²) in [6.45, 7) is 0. The highest BCUT2D eigenvalue weighted by Gasteiger charge is 2.54. The van der Waals surface area contributed by atoms with Crippen LogP contribution in [0.2, 0.25) is 0 Å². The molecule has 9 aromatic rings. The van der Waals surface area contributed by atoms with Crippen molar-refractivity contribution in [1.82, 2.24) is 15.0 Å². The Balaban J connectivity index is 0.803. The van der Waals surface area contributed by atoms with E-state index in [9.17, 15) is 0 Å². The number of allylic oxidation sites excluding steroid dienone is 8. The lowest BCUT2D eigenvalue weighted by Crippen LogP contribution is -2.44. The molecular formula is C58H39N3O. The smallest absolute Gasteiger partial charge is 0.164 e. The number of benzene rings is 7. The number of nitrogens with zero attached hydrogens (tertiary/aromatic N) is 3. The maximum Gasteiger partial charge on any atom is 0.164 e. The molecule has 2 heterocycles. The van der Waals surface area contributed by atoms with Gasteiger partial charge in [0.2, 0.25) is 0 Å². The molecule has 1 spiro atoms. The van der Waals surface area contributed by atoms with Crippen LogP contribution < -0.4 is 0 Å². The highest BCUT2D eigenvalue weighted by molar-refractivity contribution is 6.09. The van der Waals surface area contributed by atoms with Crippen LogP contribution in [0.15, 0.2) is 216 Å². The van der Waals surface area contributed by atoms with Gasteiger partial charge < -0.3 is 4.42 Å². The summed E-state index contributed by atoms with van der Waals surface area (Å²) < 4.78 is 6.35. The summed E-state index contributed by atoms with van der Waals surface area (Å²) in [5, 5.41) is 2.24. The maximum absolute atomic E-state index is 6.35. The Hall–Kier alpha value is -7.69. The SMILES string of the molecule is C1=CCC23CC(=C1)C(c1ccc(-c4ccc(-c5ccc(-c6nc(-c7ccccc7)nc(-c7ccc(-c8cccc9c8oc8ccccc89)cc7)n6)cc5)cc4)cc12)C1C=CC=C13. The third-order valence-corrected chi connectivity index (χ3v) is 13.8. The largest absolute Gasteiger partial charge is 0.455 e. The molecule has 3 unspecified atom stereocenters. The zero-order valence-electron chi connectivity index (χ0n) is 33.9. The van der Waals surface area contributed by atoms with Crippen LogP contribution in [0.5, 0.6) is 0 Å². The lowest BCUT2D eigenvalue weighted by atomic mass is 9.49. The first kappa shape index (κ1) is 35.1. The average molecular weight is 794 g/mol. The lowest BCUT2D eigenvalue weighted by molar-refractivity contribution is 0.351. The Morgan fingerprint density at radius 1 is 0.500 bits per heavy atom. The van der Waals surface area contributed by atoms with Gasteiger partial charge in [-0.2, -0.15) is 0 Å². The van der Waals surface area contributed by atoms with Crippen LogP contribution in [0.25, 0.3) is 89.5 Å². The number of fused-ring (bicyclic) bond motifs is 3. The van der Waals surface area contributed by atoms with E-state index in [0.29, 0.717) is 29.3 Å². The van der Waals surface area contributed by atoms with Gasteiger partial charge in [-0.05, 0) is 63.9 Å². The van der Waals surface area contributed by atoms with E-state index in [4.69, 9.17) is 19.4 Å². The Bertz CT molecular complexity index is 3390. The van der Waals surface area contributed by atoms with Crippen molar-refractivity contribution < 1.29 is 4.42 Å². The number of rotatable bonds is 6. The Morgan fingerprint density at radius 3 is 1.82 bits per heavy atom. The second-order valence-corrected chi connectivity index (χ2v) is 17.1. The van der Waals surface area contributed by atoms with E-state index in [-0.39, 0.29) is 5.41 Å². The molecule has 0 radical (unpaired) electrons. The standard InChI is InChI=1S/C58H39N3O/c1-2-10-40(11-3-1)55-59-56(61-57(60-55)42-29-25-39(26-30-42)45-14-8-15-47-46-13-4-5-18-52(46)62-54(45)47)41-27-23-37(24-28-41)36-19-21-38(22-20-36)43-31-32-49-51(34-43)58-33-7-6-12-44(35-58)53(49)48-16-9-17-50(48)58/h1-32,34,48,53H,33,35H2. The van der Waals surface area contributed by atoms with E-state index in [2.05, 4.69) is 158 Å². The Labute approximate surface area is 360 Å². The van der Waals surface area contributed by atoms with E-state index in [1.807, 2.05) is 42.5 Å². The maximum atomic E-state index is 6.35. The molecule has 5 aliphatic rings. The van der Waals surface area contributed by atoms with E-state index >= 15 is 0 Å². The topological polar surface area (TPSA) is 51.8 Å². The Morgan fingerprint density at radius 2 is 1.10 bits per heavy atom. The minimum absolute atomic E-state index is 0.0626. The van der Waals surface area contributed by atoms with Gasteiger partial charge in [0.25, 0.3) is 0 Å². The predicted octanol–water partition coefficient (Wildman–Crippen LogP) is 14.5. The predicted molar refractivity (Wildman–Crippen MR) is 251 cm³/mol. The van der Waals surface area contributed by atoms with Crippen molar-refractivity contribution in [1.29, 1.82) is 0 Å². The van der Waals surface area contributed by atoms with Gasteiger partial charge in [-0.3, -0.25) is 0 Å². The van der Waals surface area contributed by atoms with E-state index in [0.717, 1.165) is 68.2 Å². The van der Waals surface area contributed by atoms with Crippen molar-refractivity contribution in [2.75, 3.05) is 0 Å². The molecular weight excluding hydrogens is 755 g/mol. The molecule has 2 aromatic heterocycles. The van der Waals surface area contributed by atoms with Crippen molar-refractivity contribution in [3.63, 3.8) is 0 Å². The minimum atomic E-state index is 0.0626. The zero-order chi connectivity index (χ0) is 40.8. The van der Waals surface area contributed by atoms with Gasteiger partial charge in [-0.1, -0.05) is 199 Å². The average Bonchev–Trinajstić information content (AvgIpc) is 3.96. The van der Waals surface area contributed by atoms with Crippen LogP contribution in [0.3, 0.4) is 0 Å². The summed E-state index contributed by atoms with van der Waals surface area (Å²) in [6.07, 6.45) is 16.4. The van der Waals surface area contributed by atoms with Crippen LogP contribution in [0.1, 0.15) is 29.9 Å². The van der Waals surface area contributed by atoms with Crippen molar-refractivity contribution in [2.24, 2.45) is 5.92 Å². The number of aromatic nitrogens is 3. The van der Waals surface area contributed by atoms with Crippen molar-refractivity contribution in [3.8, 4) is 67.5 Å². The molecule has 3 atom stereocenters. The molecule has 1 saturated carbocycles. The molecule has 14 rings (SSSR count). The highest BCUT2D eigenvalue weighted by Crippen LogP contribution is 2.64.